The number of phosphoric acid groups is 1. The summed E-state index contributed by atoms with van der Waals surface area (Å²) in [6.45, 7) is 18.2. The SMILES string of the molecule is CC(C)OC(=O)[C@H](C)NP(=O)(OC[C@H]1O[C@@H](n2ccc(N)nc2=O)[C@](C)(N=[N+]=[N-])[C@@H]1O)Oc1ccccc1.CC(C)OP1(=O)OC[C@H]2O[C@@H](n3ccc(N)nc3=O)[C@](C)(N=[N+]=[N-])[C@@H]2O1.CCOc1nc(N)nc2c1ncn2[C@@H]1O[C@H](COP(=O)(N[C@@H](C)C(=O)OC(C)C)Oc2ccccc2)[C@@H](O)[C@@]1(C)N=[N+]=[N-]. The van der Waals surface area contributed by atoms with Gasteiger partial charge in [-0.1, -0.05) is 51.7 Å². The third kappa shape index (κ3) is 19.9. The Balaban J connectivity index is 0.000000208. The van der Waals surface area contributed by atoms with Gasteiger partial charge in [-0.3, -0.25) is 45.9 Å². The molecule has 4 fully saturated rings. The molecule has 4 aliphatic heterocycles. The number of aromatic nitrogens is 8. The van der Waals surface area contributed by atoms with Crippen molar-refractivity contribution in [2.75, 3.05) is 43.6 Å². The highest BCUT2D eigenvalue weighted by molar-refractivity contribution is 7.52. The Morgan fingerprint density at radius 3 is 1.52 bits per heavy atom. The lowest BCUT2D eigenvalue weighted by Crippen LogP contribution is -2.47. The molecule has 4 saturated heterocycles. The molecule has 6 aromatic rings. The number of fused-ring (bicyclic) bond motifs is 2. The molecule has 10 N–H and O–H groups in total. The van der Waals surface area contributed by atoms with E-state index >= 15 is 0 Å². The van der Waals surface area contributed by atoms with Crippen molar-refractivity contribution in [2.45, 2.75) is 185 Å². The van der Waals surface area contributed by atoms with Crippen LogP contribution in [0.1, 0.15) is 102 Å². The first-order valence-electron chi connectivity index (χ1n) is 32.9. The summed E-state index contributed by atoms with van der Waals surface area (Å²) in [6.07, 6.45) is -7.83. The summed E-state index contributed by atoms with van der Waals surface area (Å²) in [5.41, 5.74) is 38.8. The number of nitrogens with two attached hydrogens (primary N) is 3. The normalized spacial score (nSPS) is 27.4. The number of imidazole rings is 1. The van der Waals surface area contributed by atoms with Crippen LogP contribution in [0.4, 0.5) is 17.6 Å². The molecule has 0 amide bonds. The maximum absolute atomic E-state index is 13.9. The molecule has 0 radical (unpaired) electrons. The Hall–Kier alpha value is -9.37. The Kier molecular flexibility index (Phi) is 27.3. The number of aliphatic hydroxyl groups excluding tert-OH is 2. The van der Waals surface area contributed by atoms with Gasteiger partial charge in [-0.25, -0.2) is 28.3 Å². The number of nitrogens with zero attached hydrogens (tertiary/aromatic N) is 17. The first-order chi connectivity index (χ1) is 50.5. The van der Waals surface area contributed by atoms with Crippen LogP contribution in [0.25, 0.3) is 42.5 Å². The number of esters is 2. The summed E-state index contributed by atoms with van der Waals surface area (Å²) in [5, 5.41) is 38.7. The summed E-state index contributed by atoms with van der Waals surface area (Å²) < 4.78 is 116. The number of para-hydroxylation sites is 2. The van der Waals surface area contributed by atoms with Crippen molar-refractivity contribution in [1.82, 2.24) is 48.8 Å². The van der Waals surface area contributed by atoms with Gasteiger partial charge in [0.1, 0.15) is 76.3 Å². The highest BCUT2D eigenvalue weighted by Gasteiger charge is 2.61. The number of benzene rings is 2. The fourth-order valence-corrected chi connectivity index (χ4v) is 15.7. The van der Waals surface area contributed by atoms with E-state index in [0.29, 0.717) is 6.61 Å². The molecule has 580 valence electrons. The molecule has 44 nitrogen and oxygen atoms in total. The topological polar surface area (TPSA) is 608 Å². The van der Waals surface area contributed by atoms with Crippen molar-refractivity contribution in [3.05, 3.63) is 144 Å². The van der Waals surface area contributed by atoms with E-state index in [0.717, 1.165) is 9.13 Å². The van der Waals surface area contributed by atoms with Gasteiger partial charge in [0.05, 0.1) is 63.3 Å². The van der Waals surface area contributed by atoms with E-state index in [1.807, 2.05) is 0 Å². The fourth-order valence-electron chi connectivity index (χ4n) is 11.1. The second-order valence-electron chi connectivity index (χ2n) is 25.4. The van der Waals surface area contributed by atoms with Crippen molar-refractivity contribution < 1.29 is 93.6 Å². The Bertz CT molecular complexity index is 4550. The molecule has 10 rings (SSSR count). The average molecular weight is 1560 g/mol. The van der Waals surface area contributed by atoms with Gasteiger partial charge < -0.3 is 64.9 Å². The van der Waals surface area contributed by atoms with Crippen LogP contribution in [0.3, 0.4) is 0 Å². The number of hydrogen-bond donors (Lipinski definition) is 7. The first kappa shape index (κ1) is 83.3. The van der Waals surface area contributed by atoms with Crippen LogP contribution in [-0.4, -0.2) is 171 Å². The van der Waals surface area contributed by atoms with Crippen molar-refractivity contribution in [1.29, 1.82) is 0 Å². The summed E-state index contributed by atoms with van der Waals surface area (Å²) in [4.78, 5) is 77.9. The molecule has 0 bridgehead atoms. The number of nitrogens with one attached hydrogen (secondary N) is 2. The Morgan fingerprint density at radius 1 is 0.664 bits per heavy atom. The number of aliphatic hydroxyl groups is 2. The summed E-state index contributed by atoms with van der Waals surface area (Å²) in [5.74, 6) is -0.949. The molecular weight excluding hydrogens is 1470 g/mol. The third-order valence-electron chi connectivity index (χ3n) is 16.0. The molecule has 0 aliphatic carbocycles. The molecule has 4 aromatic heterocycles. The van der Waals surface area contributed by atoms with Gasteiger partial charge in [0, 0.05) is 27.1 Å². The zero-order valence-corrected chi connectivity index (χ0v) is 62.5. The predicted molar refractivity (Wildman–Crippen MR) is 377 cm³/mol. The molecule has 8 heterocycles. The van der Waals surface area contributed by atoms with E-state index in [1.165, 1.54) is 82.2 Å². The molecule has 4 aliphatic rings. The van der Waals surface area contributed by atoms with Gasteiger partial charge in [-0.15, -0.1) is 0 Å². The lowest BCUT2D eigenvalue weighted by atomic mass is 9.93. The molecule has 0 saturated carbocycles. The number of hydrogen-bond acceptors (Lipinski definition) is 33. The van der Waals surface area contributed by atoms with Gasteiger partial charge in [-0.05, 0) is 136 Å². The number of phosphoric ester groups is 1. The molecular formula is C60H83N22O22P3. The van der Waals surface area contributed by atoms with E-state index in [2.05, 4.69) is 65.2 Å². The largest absolute Gasteiger partial charge is 0.476 e. The fraction of sp³-hybridized carbons (Fsp3) is 0.550. The minimum absolute atomic E-state index is 0.0367. The predicted octanol–water partition coefficient (Wildman–Crippen LogP) is 7.29. The average Bonchev–Trinajstić information content (AvgIpc) is 1.60. The number of rotatable bonds is 28. The highest BCUT2D eigenvalue weighted by Crippen LogP contribution is 2.60. The van der Waals surface area contributed by atoms with E-state index in [-0.39, 0.29) is 52.7 Å². The van der Waals surface area contributed by atoms with Gasteiger partial charge in [0.2, 0.25) is 11.8 Å². The van der Waals surface area contributed by atoms with Gasteiger partial charge in [0.15, 0.2) is 29.8 Å². The van der Waals surface area contributed by atoms with Crippen molar-refractivity contribution in [2.24, 2.45) is 15.3 Å². The van der Waals surface area contributed by atoms with Crippen LogP contribution >= 0.6 is 23.3 Å². The molecule has 3 unspecified atom stereocenters. The van der Waals surface area contributed by atoms with Gasteiger partial charge in [-0.2, -0.15) is 30.1 Å². The second-order valence-corrected chi connectivity index (χ2v) is 30.4. The molecule has 47 heteroatoms. The quantitative estimate of drug-likeness (QED) is 0.00832. The van der Waals surface area contributed by atoms with Crippen LogP contribution in [0.5, 0.6) is 17.4 Å². The van der Waals surface area contributed by atoms with Crippen molar-refractivity contribution in [3.63, 3.8) is 0 Å². The Labute approximate surface area is 609 Å². The summed E-state index contributed by atoms with van der Waals surface area (Å²) >= 11 is 0. The maximum Gasteiger partial charge on any atom is 0.475 e. The van der Waals surface area contributed by atoms with Crippen LogP contribution in [0, 0.1) is 0 Å². The zero-order chi connectivity index (χ0) is 78.6. The molecule has 17 atom stereocenters. The van der Waals surface area contributed by atoms with Crippen LogP contribution in [0.2, 0.25) is 0 Å². The van der Waals surface area contributed by atoms with Gasteiger partial charge in [0.25, 0.3) is 0 Å². The van der Waals surface area contributed by atoms with Crippen LogP contribution in [-0.2, 0) is 69.6 Å². The number of anilines is 3. The standard InChI is InChI=1S/C25H34N9O8P.C22H30N7O8P.C13H19N6O6P/c1-6-38-21-18-20(29-24(26)30-21)34(13-28-18)23-25(5,32-33-27)19(35)17(41-23)12-39-43(37,42-16-10-8-7-9-11-16)31-15(4)22(36)40-14(2)3;1-13(2)35-19(31)14(3)26-38(33,37-15-8-6-5-7-9-15)34-12-16-18(30)22(4,27-28-24)20(36-16)29-11-10-17(23)25-21(29)32;1-7(2)24-26(21)22-6-8-10(25-26)13(3,17-18-15)11(23-8)19-5-4-9(14)16-12(19)20/h7-11,13-15,17,19,23,35H,6,12H2,1-5H3,(H,31,37)(H2,26,29,30);5-11,13-14,16,18,20,30H,12H2,1-4H3,(H,26,33)(H2,23,25,32);4-5,7-8,10-11H,6H2,1-3H3,(H2,14,16,20)/t15-,17+,19+,23+,25+,43?;14-,16+,18+,20+,22+,38?;8-,10-,11-,13-,26?/m001/s1. The summed E-state index contributed by atoms with van der Waals surface area (Å²) in [6, 6.07) is 16.8. The van der Waals surface area contributed by atoms with E-state index in [9.17, 15) is 48.6 Å². The monoisotopic (exact) mass is 1560 g/mol. The minimum atomic E-state index is -4.29. The second kappa shape index (κ2) is 35.1. The first-order valence-corrected chi connectivity index (χ1v) is 37.4. The Morgan fingerprint density at radius 2 is 1.10 bits per heavy atom. The lowest BCUT2D eigenvalue weighted by molar-refractivity contribution is -0.150. The van der Waals surface area contributed by atoms with Crippen LogP contribution < -0.4 is 52.5 Å². The number of ether oxygens (including phenoxy) is 6. The smallest absolute Gasteiger partial charge is 0.475 e. The van der Waals surface area contributed by atoms with Crippen LogP contribution in [0.15, 0.2) is 116 Å². The van der Waals surface area contributed by atoms with Gasteiger partial charge >= 0.3 is 46.6 Å². The molecule has 0 spiro atoms. The summed E-state index contributed by atoms with van der Waals surface area (Å²) in [7, 11) is -12.4. The third-order valence-corrected chi connectivity index (χ3v) is 20.9. The maximum atomic E-state index is 13.9. The minimum Gasteiger partial charge on any atom is -0.476 e. The molecule has 107 heavy (non-hydrogen) atoms. The number of nitrogen functional groups attached to an aromatic ring is 3. The van der Waals surface area contributed by atoms with Crippen molar-refractivity contribution >= 4 is 64.0 Å². The molecule has 2 aromatic carbocycles. The number of azide groups is 3. The zero-order valence-electron chi connectivity index (χ0n) is 59.8. The highest BCUT2D eigenvalue weighted by atomic mass is 31.2. The number of carbonyl (C=O) groups excluding carboxylic acids is 2. The van der Waals surface area contributed by atoms with Crippen molar-refractivity contribution in [3.8, 4) is 17.4 Å². The number of carbonyl (C=O) groups is 2. The van der Waals surface area contributed by atoms with E-state index < -0.39 is 162 Å². The van der Waals surface area contributed by atoms with E-state index in [4.69, 9.17) is 88.4 Å². The van der Waals surface area contributed by atoms with E-state index in [1.54, 1.807) is 97.0 Å². The lowest BCUT2D eigenvalue weighted by Gasteiger charge is -2.35.